The van der Waals surface area contributed by atoms with Crippen LogP contribution in [0.15, 0.2) is 29.2 Å². The molecule has 4 nitrogen and oxygen atoms in total. The molecule has 2 rings (SSSR count). The minimum Gasteiger partial charge on any atom is -0.493 e. The molecule has 1 heterocycles. The highest BCUT2D eigenvalue weighted by atomic mass is 32.2. The topological polar surface area (TPSA) is 46.6 Å². The zero-order chi connectivity index (χ0) is 19.8. The third kappa shape index (κ3) is 8.04. The highest BCUT2D eigenvalue weighted by Crippen LogP contribution is 2.25. The predicted octanol–water partition coefficient (Wildman–Crippen LogP) is 3.56. The van der Waals surface area contributed by atoms with Crippen molar-refractivity contribution >= 4 is 21.6 Å². The summed E-state index contributed by atoms with van der Waals surface area (Å²) in [5.41, 5.74) is 0. The van der Waals surface area contributed by atoms with Gasteiger partial charge < -0.3 is 9.64 Å². The number of rotatable bonds is 11. The molecular formula is C21H35NO3S2. The van der Waals surface area contributed by atoms with Crippen molar-refractivity contribution in [2.24, 2.45) is 17.8 Å². The first-order valence-electron chi connectivity index (χ1n) is 9.98. The van der Waals surface area contributed by atoms with Crippen LogP contribution < -0.4 is 4.74 Å². The molecule has 4 atom stereocenters. The number of hydrogen-bond donors (Lipinski definition) is 0. The molecule has 1 aliphatic rings. The summed E-state index contributed by atoms with van der Waals surface area (Å²) < 4.78 is 29.4. The molecule has 27 heavy (non-hydrogen) atoms. The van der Waals surface area contributed by atoms with Crippen LogP contribution in [-0.4, -0.2) is 57.3 Å². The first-order valence-corrected chi connectivity index (χ1v) is 13.0. The highest BCUT2D eigenvalue weighted by Gasteiger charge is 2.29. The van der Waals surface area contributed by atoms with E-state index in [1.54, 1.807) is 6.26 Å². The minimum atomic E-state index is -1.03. The van der Waals surface area contributed by atoms with E-state index in [-0.39, 0.29) is 0 Å². The van der Waals surface area contributed by atoms with Gasteiger partial charge in [0, 0.05) is 52.5 Å². The highest BCUT2D eigenvalue weighted by molar-refractivity contribution is 7.85. The molecule has 1 aliphatic heterocycles. The van der Waals surface area contributed by atoms with E-state index in [1.165, 1.54) is 19.5 Å². The summed E-state index contributed by atoms with van der Waals surface area (Å²) in [6.45, 7) is 11.1. The zero-order valence-electron chi connectivity index (χ0n) is 17.2. The lowest BCUT2D eigenvalue weighted by molar-refractivity contribution is 0.223. The zero-order valence-corrected chi connectivity index (χ0v) is 18.8. The number of likely N-dealkylation sites (tertiary alicyclic amines) is 1. The van der Waals surface area contributed by atoms with Crippen LogP contribution in [-0.2, 0) is 21.6 Å². The standard InChI is InChI=1S/C21H35NO3S2/c1-17(2)10-11-22-14-18(3)19(15-22)16-25-20-6-8-21(9-7-20)27(24)13-5-12-26(4)23/h6-9,17-19H,5,10-16H2,1-4H3. The number of hydrogen-bond acceptors (Lipinski definition) is 4. The van der Waals surface area contributed by atoms with E-state index in [4.69, 9.17) is 4.74 Å². The Bertz CT molecular complexity index is 618. The van der Waals surface area contributed by atoms with E-state index in [0.717, 1.165) is 36.1 Å². The largest absolute Gasteiger partial charge is 0.493 e. The van der Waals surface area contributed by atoms with E-state index in [0.29, 0.717) is 23.3 Å². The molecule has 6 heteroatoms. The maximum Gasteiger partial charge on any atom is 0.119 e. The summed E-state index contributed by atoms with van der Waals surface area (Å²) in [4.78, 5) is 3.38. The van der Waals surface area contributed by atoms with Crippen molar-refractivity contribution in [2.45, 2.75) is 38.5 Å². The Morgan fingerprint density at radius 1 is 1.15 bits per heavy atom. The van der Waals surface area contributed by atoms with Gasteiger partial charge in [-0.05, 0) is 55.5 Å². The number of nitrogens with zero attached hydrogens (tertiary/aromatic N) is 1. The van der Waals surface area contributed by atoms with Gasteiger partial charge in [0.1, 0.15) is 5.75 Å². The van der Waals surface area contributed by atoms with Gasteiger partial charge in [-0.3, -0.25) is 8.42 Å². The third-order valence-electron chi connectivity index (χ3n) is 5.18. The van der Waals surface area contributed by atoms with Crippen LogP contribution in [0.4, 0.5) is 0 Å². The molecule has 4 unspecified atom stereocenters. The van der Waals surface area contributed by atoms with Gasteiger partial charge in [-0.15, -0.1) is 0 Å². The Morgan fingerprint density at radius 2 is 1.85 bits per heavy atom. The Hall–Kier alpha value is -0.720. The number of ether oxygens (including phenoxy) is 1. The van der Waals surface area contributed by atoms with Crippen LogP contribution in [0, 0.1) is 17.8 Å². The van der Waals surface area contributed by atoms with Crippen molar-refractivity contribution in [3.63, 3.8) is 0 Å². The van der Waals surface area contributed by atoms with Gasteiger partial charge in [-0.25, -0.2) is 0 Å². The van der Waals surface area contributed by atoms with Crippen LogP contribution in [0.1, 0.15) is 33.6 Å². The van der Waals surface area contributed by atoms with Crippen LogP contribution in [0.25, 0.3) is 0 Å². The summed E-state index contributed by atoms with van der Waals surface area (Å²) in [5.74, 6) is 4.00. The second kappa shape index (κ2) is 11.3. The van der Waals surface area contributed by atoms with E-state index < -0.39 is 21.6 Å². The van der Waals surface area contributed by atoms with Gasteiger partial charge in [0.25, 0.3) is 0 Å². The molecule has 1 aromatic rings. The average molecular weight is 414 g/mol. The lowest BCUT2D eigenvalue weighted by Crippen LogP contribution is -2.24. The maximum absolute atomic E-state index is 12.3. The van der Waals surface area contributed by atoms with E-state index in [1.807, 2.05) is 24.3 Å². The fourth-order valence-corrected chi connectivity index (χ4v) is 5.20. The summed E-state index contributed by atoms with van der Waals surface area (Å²) in [6.07, 6.45) is 3.66. The van der Waals surface area contributed by atoms with Gasteiger partial charge in [-0.2, -0.15) is 0 Å². The van der Waals surface area contributed by atoms with Gasteiger partial charge in [0.05, 0.1) is 17.4 Å². The Morgan fingerprint density at radius 3 is 2.48 bits per heavy atom. The van der Waals surface area contributed by atoms with Crippen LogP contribution in [0.5, 0.6) is 5.75 Å². The fraction of sp³-hybridized carbons (Fsp3) is 0.714. The molecule has 0 radical (unpaired) electrons. The molecule has 154 valence electrons. The molecule has 0 aromatic heterocycles. The van der Waals surface area contributed by atoms with Gasteiger partial charge in [0.15, 0.2) is 0 Å². The van der Waals surface area contributed by atoms with E-state index >= 15 is 0 Å². The van der Waals surface area contributed by atoms with Crippen molar-refractivity contribution in [3.8, 4) is 5.75 Å². The minimum absolute atomic E-state index is 0.561. The van der Waals surface area contributed by atoms with Crippen LogP contribution in [0.2, 0.25) is 0 Å². The van der Waals surface area contributed by atoms with Crippen molar-refractivity contribution in [1.29, 1.82) is 0 Å². The Balaban J connectivity index is 1.76. The quantitative estimate of drug-likeness (QED) is 0.556. The second-order valence-corrected chi connectivity index (χ2v) is 11.3. The molecule has 0 aliphatic carbocycles. The lowest BCUT2D eigenvalue weighted by Gasteiger charge is -2.17. The van der Waals surface area contributed by atoms with E-state index in [2.05, 4.69) is 25.7 Å². The first kappa shape index (κ1) is 22.6. The maximum atomic E-state index is 12.3. The summed E-state index contributed by atoms with van der Waals surface area (Å²) in [5, 5.41) is 0. The Kier molecular flexibility index (Phi) is 9.46. The van der Waals surface area contributed by atoms with Crippen molar-refractivity contribution < 1.29 is 13.2 Å². The molecule has 0 saturated carbocycles. The summed E-state index contributed by atoms with van der Waals surface area (Å²) >= 11 is 0. The molecule has 0 amide bonds. The van der Waals surface area contributed by atoms with Crippen molar-refractivity contribution in [2.75, 3.05) is 44.0 Å². The Labute approximate surface area is 170 Å². The normalized spacial score (nSPS) is 22.9. The SMILES string of the molecule is CC(C)CCN1CC(C)C(COc2ccc(S(=O)CCCS(C)=O)cc2)C1. The molecule has 0 N–H and O–H groups in total. The molecule has 0 bridgehead atoms. The van der Waals surface area contributed by atoms with Crippen molar-refractivity contribution in [1.82, 2.24) is 4.90 Å². The molecule has 1 saturated heterocycles. The molecule has 0 spiro atoms. The number of benzene rings is 1. The van der Waals surface area contributed by atoms with Crippen LogP contribution in [0.3, 0.4) is 0 Å². The third-order valence-corrected chi connectivity index (χ3v) is 7.50. The first-order chi connectivity index (χ1) is 12.8. The summed E-state index contributed by atoms with van der Waals surface area (Å²) in [6, 6.07) is 7.62. The predicted molar refractivity (Wildman–Crippen MR) is 115 cm³/mol. The fourth-order valence-electron chi connectivity index (χ4n) is 3.38. The van der Waals surface area contributed by atoms with Gasteiger partial charge in [-0.1, -0.05) is 20.8 Å². The smallest absolute Gasteiger partial charge is 0.119 e. The average Bonchev–Trinajstić information content (AvgIpc) is 2.98. The lowest BCUT2D eigenvalue weighted by atomic mass is 9.99. The van der Waals surface area contributed by atoms with Crippen LogP contribution >= 0.6 is 0 Å². The monoisotopic (exact) mass is 413 g/mol. The molecular weight excluding hydrogens is 378 g/mol. The van der Waals surface area contributed by atoms with Gasteiger partial charge in [0.2, 0.25) is 0 Å². The second-order valence-electron chi connectivity index (χ2n) is 8.14. The van der Waals surface area contributed by atoms with Gasteiger partial charge >= 0.3 is 0 Å². The van der Waals surface area contributed by atoms with E-state index in [9.17, 15) is 8.42 Å². The summed E-state index contributed by atoms with van der Waals surface area (Å²) in [7, 11) is -1.84. The van der Waals surface area contributed by atoms with Crippen molar-refractivity contribution in [3.05, 3.63) is 24.3 Å². The molecule has 1 aromatic carbocycles. The molecule has 1 fully saturated rings.